The predicted octanol–water partition coefficient (Wildman–Crippen LogP) is -0.823. The number of ether oxygens (including phenoxy) is 2. The SMILES string of the molecule is Nc1ccc(SCCO[C@@H]2O[C@H](CO)[C@H](O)[C@H](O)[C@H]2O)cc1. The fourth-order valence-corrected chi connectivity index (χ4v) is 2.84. The molecule has 22 heavy (non-hydrogen) atoms. The van der Waals surface area contributed by atoms with Crippen molar-refractivity contribution in [1.82, 2.24) is 0 Å². The highest BCUT2D eigenvalue weighted by molar-refractivity contribution is 7.99. The summed E-state index contributed by atoms with van der Waals surface area (Å²) in [6.07, 6.45) is -6.18. The zero-order valence-corrected chi connectivity index (χ0v) is 12.7. The molecule has 1 aliphatic rings. The molecule has 0 radical (unpaired) electrons. The van der Waals surface area contributed by atoms with Gasteiger partial charge in [0.15, 0.2) is 6.29 Å². The maximum Gasteiger partial charge on any atom is 0.186 e. The lowest BCUT2D eigenvalue weighted by atomic mass is 9.99. The number of rotatable bonds is 6. The molecule has 2 rings (SSSR count). The molecule has 1 fully saturated rings. The standard InChI is InChI=1S/C14H21NO6S/c15-8-1-3-9(4-2-8)22-6-5-20-14-13(19)12(18)11(17)10(7-16)21-14/h1-4,10-14,16-19H,5-7,15H2/t10-,11+,12+,13-,14-/m1/s1. The van der Waals surface area contributed by atoms with E-state index in [2.05, 4.69) is 0 Å². The van der Waals surface area contributed by atoms with Crippen LogP contribution in [0.25, 0.3) is 0 Å². The second-order valence-electron chi connectivity index (χ2n) is 4.99. The van der Waals surface area contributed by atoms with Gasteiger partial charge in [-0.25, -0.2) is 0 Å². The van der Waals surface area contributed by atoms with Gasteiger partial charge < -0.3 is 35.6 Å². The Morgan fingerprint density at radius 1 is 1.09 bits per heavy atom. The first-order valence-electron chi connectivity index (χ1n) is 6.93. The van der Waals surface area contributed by atoms with Crippen molar-refractivity contribution < 1.29 is 29.9 Å². The van der Waals surface area contributed by atoms with E-state index in [1.165, 1.54) is 0 Å². The smallest absolute Gasteiger partial charge is 0.186 e. The zero-order valence-electron chi connectivity index (χ0n) is 11.9. The number of nitrogen functional groups attached to an aromatic ring is 1. The molecule has 1 saturated heterocycles. The van der Waals surface area contributed by atoms with Crippen molar-refractivity contribution in [2.24, 2.45) is 0 Å². The molecule has 0 saturated carbocycles. The minimum Gasteiger partial charge on any atom is -0.399 e. The van der Waals surface area contributed by atoms with Crippen LogP contribution in [0.5, 0.6) is 0 Å². The Kier molecular flexibility index (Phi) is 6.45. The number of thioether (sulfide) groups is 1. The van der Waals surface area contributed by atoms with Crippen LogP contribution in [0, 0.1) is 0 Å². The normalized spacial score (nSPS) is 32.1. The van der Waals surface area contributed by atoms with Gasteiger partial charge in [-0.2, -0.15) is 0 Å². The van der Waals surface area contributed by atoms with E-state index in [0.717, 1.165) is 4.90 Å². The van der Waals surface area contributed by atoms with Gasteiger partial charge in [0.1, 0.15) is 24.4 Å². The summed E-state index contributed by atoms with van der Waals surface area (Å²) in [6, 6.07) is 7.41. The predicted molar refractivity (Wildman–Crippen MR) is 81.3 cm³/mol. The van der Waals surface area contributed by atoms with Crippen molar-refractivity contribution in [2.75, 3.05) is 24.7 Å². The number of aliphatic hydroxyl groups is 4. The zero-order chi connectivity index (χ0) is 16.1. The molecule has 1 heterocycles. The molecule has 1 aromatic rings. The van der Waals surface area contributed by atoms with Crippen molar-refractivity contribution in [2.45, 2.75) is 35.6 Å². The molecule has 6 N–H and O–H groups in total. The quantitative estimate of drug-likeness (QED) is 0.260. The molecular formula is C14H21NO6S. The highest BCUT2D eigenvalue weighted by atomic mass is 32.2. The van der Waals surface area contributed by atoms with Crippen LogP contribution < -0.4 is 5.73 Å². The molecule has 0 spiro atoms. The number of anilines is 1. The van der Waals surface area contributed by atoms with Gasteiger partial charge in [-0.05, 0) is 24.3 Å². The fraction of sp³-hybridized carbons (Fsp3) is 0.571. The molecule has 124 valence electrons. The third-order valence-electron chi connectivity index (χ3n) is 3.36. The average Bonchev–Trinajstić information content (AvgIpc) is 2.53. The van der Waals surface area contributed by atoms with Crippen molar-refractivity contribution >= 4 is 17.4 Å². The van der Waals surface area contributed by atoms with Crippen LogP contribution in [0.2, 0.25) is 0 Å². The maximum atomic E-state index is 9.81. The van der Waals surface area contributed by atoms with E-state index < -0.39 is 37.3 Å². The molecular weight excluding hydrogens is 310 g/mol. The summed E-state index contributed by atoms with van der Waals surface area (Å²) in [4.78, 5) is 1.03. The van der Waals surface area contributed by atoms with E-state index in [-0.39, 0.29) is 6.61 Å². The van der Waals surface area contributed by atoms with E-state index in [4.69, 9.17) is 20.3 Å². The Morgan fingerprint density at radius 3 is 2.41 bits per heavy atom. The minimum atomic E-state index is -1.42. The van der Waals surface area contributed by atoms with Gasteiger partial charge in [0.25, 0.3) is 0 Å². The van der Waals surface area contributed by atoms with Gasteiger partial charge in [0, 0.05) is 16.3 Å². The van der Waals surface area contributed by atoms with E-state index >= 15 is 0 Å². The maximum absolute atomic E-state index is 9.81. The van der Waals surface area contributed by atoms with Crippen molar-refractivity contribution in [3.8, 4) is 0 Å². The second-order valence-corrected chi connectivity index (χ2v) is 6.15. The number of hydrogen-bond acceptors (Lipinski definition) is 8. The van der Waals surface area contributed by atoms with Crippen LogP contribution in [0.4, 0.5) is 5.69 Å². The Bertz CT molecular complexity index is 457. The lowest BCUT2D eigenvalue weighted by Crippen LogP contribution is -2.59. The molecule has 8 heteroatoms. The lowest BCUT2D eigenvalue weighted by molar-refractivity contribution is -0.299. The minimum absolute atomic E-state index is 0.276. The molecule has 5 atom stereocenters. The van der Waals surface area contributed by atoms with Crippen molar-refractivity contribution in [3.63, 3.8) is 0 Å². The van der Waals surface area contributed by atoms with Crippen LogP contribution in [-0.2, 0) is 9.47 Å². The third-order valence-corrected chi connectivity index (χ3v) is 4.34. The van der Waals surface area contributed by atoms with Gasteiger partial charge >= 0.3 is 0 Å². The summed E-state index contributed by atoms with van der Waals surface area (Å²) >= 11 is 1.55. The summed E-state index contributed by atoms with van der Waals surface area (Å²) in [6.45, 7) is -0.192. The topological polar surface area (TPSA) is 125 Å². The Hall–Kier alpha value is -0.870. The molecule has 0 aromatic heterocycles. The molecule has 0 unspecified atom stereocenters. The van der Waals surface area contributed by atoms with E-state index in [9.17, 15) is 15.3 Å². The molecule has 0 bridgehead atoms. The van der Waals surface area contributed by atoms with Crippen LogP contribution in [0.15, 0.2) is 29.2 Å². The molecule has 0 amide bonds. The van der Waals surface area contributed by atoms with Gasteiger partial charge in [-0.3, -0.25) is 0 Å². The Morgan fingerprint density at radius 2 is 1.77 bits per heavy atom. The second kappa shape index (κ2) is 8.11. The van der Waals surface area contributed by atoms with Gasteiger partial charge in [0.2, 0.25) is 0 Å². The summed E-state index contributed by atoms with van der Waals surface area (Å²) in [5.74, 6) is 0.610. The first-order chi connectivity index (χ1) is 10.5. The lowest BCUT2D eigenvalue weighted by Gasteiger charge is -2.39. The fourth-order valence-electron chi connectivity index (χ4n) is 2.09. The van der Waals surface area contributed by atoms with Crippen LogP contribution >= 0.6 is 11.8 Å². The van der Waals surface area contributed by atoms with Gasteiger partial charge in [0.05, 0.1) is 13.2 Å². The van der Waals surface area contributed by atoms with Gasteiger partial charge in [-0.1, -0.05) is 0 Å². The molecule has 1 aliphatic heterocycles. The van der Waals surface area contributed by atoms with E-state index in [1.807, 2.05) is 12.1 Å². The summed E-state index contributed by atoms with van der Waals surface area (Å²) in [7, 11) is 0. The number of nitrogens with two attached hydrogens (primary N) is 1. The summed E-state index contributed by atoms with van der Waals surface area (Å²) in [5.41, 5.74) is 6.30. The summed E-state index contributed by atoms with van der Waals surface area (Å²) in [5, 5.41) is 38.2. The first kappa shape index (κ1) is 17.5. The number of hydrogen-bond donors (Lipinski definition) is 5. The number of aliphatic hydroxyl groups excluding tert-OH is 4. The van der Waals surface area contributed by atoms with Crippen LogP contribution in [0.1, 0.15) is 0 Å². The first-order valence-corrected chi connectivity index (χ1v) is 7.92. The molecule has 0 aliphatic carbocycles. The molecule has 1 aromatic carbocycles. The third kappa shape index (κ3) is 4.32. The Labute approximate surface area is 132 Å². The van der Waals surface area contributed by atoms with E-state index in [0.29, 0.717) is 11.4 Å². The van der Waals surface area contributed by atoms with E-state index in [1.54, 1.807) is 23.9 Å². The number of benzene rings is 1. The van der Waals surface area contributed by atoms with Crippen molar-refractivity contribution in [1.29, 1.82) is 0 Å². The van der Waals surface area contributed by atoms with Crippen molar-refractivity contribution in [3.05, 3.63) is 24.3 Å². The highest BCUT2D eigenvalue weighted by Crippen LogP contribution is 2.23. The average molecular weight is 331 g/mol. The Balaban J connectivity index is 1.77. The van der Waals surface area contributed by atoms with Gasteiger partial charge in [-0.15, -0.1) is 11.8 Å². The molecule has 7 nitrogen and oxygen atoms in total. The van der Waals surface area contributed by atoms with Crippen LogP contribution in [-0.4, -0.2) is 70.1 Å². The highest BCUT2D eigenvalue weighted by Gasteiger charge is 2.43. The monoisotopic (exact) mass is 331 g/mol. The largest absolute Gasteiger partial charge is 0.399 e. The van der Waals surface area contributed by atoms with Crippen LogP contribution in [0.3, 0.4) is 0 Å². The summed E-state index contributed by atoms with van der Waals surface area (Å²) < 4.78 is 10.6.